The third-order valence-electron chi connectivity index (χ3n) is 5.52. The number of nitrogens with one attached hydrogen (secondary N) is 1. The van der Waals surface area contributed by atoms with E-state index in [4.69, 9.17) is 10.5 Å². The number of aliphatic hydroxyl groups is 1. The topological polar surface area (TPSA) is 130 Å². The van der Waals surface area contributed by atoms with E-state index in [1.165, 1.54) is 0 Å². The second kappa shape index (κ2) is 13.9. The highest BCUT2D eigenvalue weighted by atomic mass is 19.1. The van der Waals surface area contributed by atoms with E-state index in [1.807, 2.05) is 82.4 Å². The predicted molar refractivity (Wildman–Crippen MR) is 157 cm³/mol. The Hall–Kier alpha value is -4.50. The lowest BCUT2D eigenvalue weighted by Gasteiger charge is -2.19. The fourth-order valence-corrected chi connectivity index (χ4v) is 3.68. The van der Waals surface area contributed by atoms with Crippen LogP contribution in [0.15, 0.2) is 79.1 Å². The summed E-state index contributed by atoms with van der Waals surface area (Å²) in [7, 11) is 3.78. The van der Waals surface area contributed by atoms with Gasteiger partial charge in [0.15, 0.2) is 0 Å². The number of primary amides is 1. The van der Waals surface area contributed by atoms with Crippen LogP contribution in [0.2, 0.25) is 0 Å². The molecule has 206 valence electrons. The van der Waals surface area contributed by atoms with Crippen LogP contribution in [0.1, 0.15) is 31.9 Å². The highest BCUT2D eigenvalue weighted by Gasteiger charge is 2.16. The van der Waals surface area contributed by atoms with E-state index < -0.39 is 0 Å². The number of carbonyl (C=O) groups is 1. The Kier molecular flexibility index (Phi) is 10.9. The normalized spacial score (nSPS) is 11.1. The second-order valence-electron chi connectivity index (χ2n) is 9.88. The predicted octanol–water partition coefficient (Wildman–Crippen LogP) is 5.03. The molecule has 0 fully saturated rings. The minimum absolute atomic E-state index is 0.212. The zero-order chi connectivity index (χ0) is 29.2. The number of benzene rings is 1. The monoisotopic (exact) mass is 532 g/mol. The Balaban J connectivity index is 0.00000170. The van der Waals surface area contributed by atoms with Crippen molar-refractivity contribution in [2.45, 2.75) is 32.8 Å². The molecule has 9 heteroatoms. The minimum Gasteiger partial charge on any atom is -0.392 e. The van der Waals surface area contributed by atoms with Gasteiger partial charge in [0.25, 0.3) is 0 Å². The molecular weight excluding hydrogens is 495 g/mol. The molecule has 39 heavy (non-hydrogen) atoms. The maximum atomic E-state index is 15.4. The number of fused-ring (bicyclic) bond motifs is 1. The Morgan fingerprint density at radius 1 is 1.13 bits per heavy atom. The summed E-state index contributed by atoms with van der Waals surface area (Å²) in [6.45, 7) is 9.63. The first-order valence-corrected chi connectivity index (χ1v) is 12.2. The summed E-state index contributed by atoms with van der Waals surface area (Å²) in [5.74, 6) is 0.167. The lowest BCUT2D eigenvalue weighted by molar-refractivity contribution is -0.106. The zero-order valence-corrected chi connectivity index (χ0v) is 23.1. The molecule has 0 atom stereocenters. The van der Waals surface area contributed by atoms with Crippen LogP contribution in [0.5, 0.6) is 0 Å². The number of amides is 1. The van der Waals surface area contributed by atoms with E-state index in [0.29, 0.717) is 27.9 Å². The molecule has 0 unspecified atom stereocenters. The van der Waals surface area contributed by atoms with Crippen molar-refractivity contribution in [2.75, 3.05) is 25.1 Å². The first kappa shape index (κ1) is 30.7. The van der Waals surface area contributed by atoms with Gasteiger partial charge in [-0.15, -0.1) is 0 Å². The van der Waals surface area contributed by atoms with Crippen molar-refractivity contribution >= 4 is 28.9 Å². The van der Waals surface area contributed by atoms with Gasteiger partial charge in [-0.25, -0.2) is 9.37 Å². The number of rotatable bonds is 6. The summed E-state index contributed by atoms with van der Waals surface area (Å²) in [6.07, 6.45) is 3.73. The van der Waals surface area contributed by atoms with Gasteiger partial charge in [0.1, 0.15) is 11.6 Å². The van der Waals surface area contributed by atoms with Crippen LogP contribution < -0.4 is 16.8 Å². The van der Waals surface area contributed by atoms with Crippen molar-refractivity contribution in [1.82, 2.24) is 14.9 Å². The Labute approximate surface area is 229 Å². The van der Waals surface area contributed by atoms with Gasteiger partial charge in [0, 0.05) is 37.3 Å². The van der Waals surface area contributed by atoms with Crippen molar-refractivity contribution < 1.29 is 14.3 Å². The van der Waals surface area contributed by atoms with E-state index in [2.05, 4.69) is 27.6 Å². The average Bonchev–Trinajstić information content (AvgIpc) is 2.85. The molecule has 1 aromatic heterocycles. The largest absolute Gasteiger partial charge is 0.392 e. The molecule has 3 aromatic rings. The van der Waals surface area contributed by atoms with Gasteiger partial charge in [-0.05, 0) is 40.1 Å². The standard InChI is InChI=1S/C29H34FN5O.CH3NO/c1-7-22(17-35(5)6)32-28-33-26(16-27(31)34-28)23-12-10-8-9-11-19-13-21(29(2,3)4)15-25(30)24(19)14-20(23)18-36;2-1-3/h7-17,36H,1,18H2,2-6H3,(H3,31,32,33,34);1H,(H2,2,3)/b9-8?,10-8?,11-9?,12-10?,19-11?,20-14?,22-17+,23-12?,23-20?,24-14?;. The molecule has 1 amide bonds. The number of hydrogen-bond acceptors (Lipinski definition) is 7. The number of nitrogens with zero attached hydrogens (tertiary/aromatic N) is 3. The molecule has 1 heterocycles. The number of carbonyl (C=O) groups excluding carboxylic acids is 1. The summed E-state index contributed by atoms with van der Waals surface area (Å²) in [5.41, 5.74) is 13.2. The smallest absolute Gasteiger partial charge is 0.229 e. The summed E-state index contributed by atoms with van der Waals surface area (Å²) < 4.78 is 15.4. The van der Waals surface area contributed by atoms with Crippen molar-refractivity contribution in [3.63, 3.8) is 0 Å². The maximum Gasteiger partial charge on any atom is 0.229 e. The van der Waals surface area contributed by atoms with Gasteiger partial charge in [-0.2, -0.15) is 4.98 Å². The molecule has 0 bridgehead atoms. The van der Waals surface area contributed by atoms with Crippen molar-refractivity contribution in [3.05, 3.63) is 96.1 Å². The third kappa shape index (κ3) is 8.79. The van der Waals surface area contributed by atoms with E-state index in [0.717, 1.165) is 10.9 Å². The third-order valence-corrected chi connectivity index (χ3v) is 5.52. The molecule has 8 nitrogen and oxygen atoms in total. The van der Waals surface area contributed by atoms with Crippen LogP contribution in [0.3, 0.4) is 0 Å². The van der Waals surface area contributed by atoms with E-state index in [1.54, 1.807) is 24.3 Å². The van der Waals surface area contributed by atoms with E-state index in [9.17, 15) is 5.11 Å². The maximum absolute atomic E-state index is 15.4. The Bertz CT molecular complexity index is 1410. The van der Waals surface area contributed by atoms with Gasteiger partial charge in [-0.1, -0.05) is 63.7 Å². The van der Waals surface area contributed by atoms with Gasteiger partial charge >= 0.3 is 0 Å². The number of allylic oxidation sites excluding steroid dienone is 1. The molecule has 0 aliphatic rings. The van der Waals surface area contributed by atoms with Crippen LogP contribution >= 0.6 is 0 Å². The molecule has 0 aliphatic carbocycles. The van der Waals surface area contributed by atoms with E-state index >= 15 is 4.39 Å². The van der Waals surface area contributed by atoms with Crippen LogP contribution in [-0.4, -0.2) is 40.5 Å². The number of anilines is 2. The number of nitrogens with two attached hydrogens (primary N) is 2. The van der Waals surface area contributed by atoms with Gasteiger partial charge in [-0.3, -0.25) is 4.79 Å². The molecule has 2 aromatic carbocycles. The molecule has 0 saturated heterocycles. The molecule has 0 spiro atoms. The summed E-state index contributed by atoms with van der Waals surface area (Å²) in [6, 6.07) is 16.1. The van der Waals surface area contributed by atoms with Crippen molar-refractivity contribution in [2.24, 2.45) is 5.73 Å². The average molecular weight is 533 g/mol. The van der Waals surface area contributed by atoms with Crippen LogP contribution in [-0.2, 0) is 16.8 Å². The highest BCUT2D eigenvalue weighted by Crippen LogP contribution is 2.30. The second-order valence-corrected chi connectivity index (χ2v) is 9.88. The molecule has 6 N–H and O–H groups in total. The van der Waals surface area contributed by atoms with Gasteiger partial charge in [0.05, 0.1) is 18.0 Å². The van der Waals surface area contributed by atoms with Crippen LogP contribution in [0.4, 0.5) is 16.2 Å². The minimum atomic E-state index is -0.356. The molecule has 0 saturated carbocycles. The van der Waals surface area contributed by atoms with E-state index in [-0.39, 0.29) is 36.0 Å². The SMILES string of the molecule is C=C/C(=C\N(C)C)Nc1nc(N)cc(-c2cccccc3cc(C(C)(C)C)cc(F)c3cc2CO)n1.NC=O. The highest BCUT2D eigenvalue weighted by molar-refractivity contribution is 5.84. The van der Waals surface area contributed by atoms with Crippen molar-refractivity contribution in [1.29, 1.82) is 0 Å². The summed E-state index contributed by atoms with van der Waals surface area (Å²) in [5, 5.41) is 14.6. The first-order valence-electron chi connectivity index (χ1n) is 12.2. The van der Waals surface area contributed by atoms with Crippen LogP contribution in [0, 0.1) is 5.82 Å². The molecule has 0 aliphatic heterocycles. The number of aliphatic hydroxyl groups excluding tert-OH is 1. The lowest BCUT2D eigenvalue weighted by Crippen LogP contribution is -2.11. The van der Waals surface area contributed by atoms with Crippen LogP contribution in [0.25, 0.3) is 22.0 Å². The lowest BCUT2D eigenvalue weighted by atomic mass is 9.86. The molecular formula is C30H37FN6O2. The molecule has 3 rings (SSSR count). The molecule has 0 radical (unpaired) electrons. The Morgan fingerprint density at radius 2 is 1.79 bits per heavy atom. The number of halogens is 1. The summed E-state index contributed by atoms with van der Waals surface area (Å²) in [4.78, 5) is 19.4. The zero-order valence-electron chi connectivity index (χ0n) is 23.1. The summed E-state index contributed by atoms with van der Waals surface area (Å²) >= 11 is 0. The van der Waals surface area contributed by atoms with Gasteiger partial charge < -0.3 is 26.8 Å². The fourth-order valence-electron chi connectivity index (χ4n) is 3.68. The fraction of sp³-hybridized carbons (Fsp3) is 0.233. The first-order chi connectivity index (χ1) is 18.4. The quantitative estimate of drug-likeness (QED) is 0.259. The number of hydrogen-bond donors (Lipinski definition) is 4. The van der Waals surface area contributed by atoms with Gasteiger partial charge in [0.2, 0.25) is 12.4 Å². The van der Waals surface area contributed by atoms with Crippen molar-refractivity contribution in [3.8, 4) is 11.3 Å². The number of nitrogen functional groups attached to an aromatic ring is 1. The Morgan fingerprint density at radius 3 is 2.38 bits per heavy atom. The number of aromatic nitrogens is 2.